The van der Waals surface area contributed by atoms with E-state index in [4.69, 9.17) is 9.73 Å². The Morgan fingerprint density at radius 2 is 1.39 bits per heavy atom. The lowest BCUT2D eigenvalue weighted by atomic mass is 10.2. The summed E-state index contributed by atoms with van der Waals surface area (Å²) in [5.74, 6) is 1.58. The lowest BCUT2D eigenvalue weighted by molar-refractivity contribution is 0.142. The molecule has 0 amide bonds. The van der Waals surface area contributed by atoms with Crippen LogP contribution in [-0.2, 0) is 0 Å². The van der Waals surface area contributed by atoms with Crippen molar-refractivity contribution in [3.05, 3.63) is 90.5 Å². The molecule has 31 heavy (non-hydrogen) atoms. The summed E-state index contributed by atoms with van der Waals surface area (Å²) < 4.78 is 6.18. The van der Waals surface area contributed by atoms with Crippen LogP contribution in [-0.4, -0.2) is 36.0 Å². The number of benzene rings is 3. The minimum Gasteiger partial charge on any atom is -0.490 e. The van der Waals surface area contributed by atoms with Gasteiger partial charge in [-0.25, -0.2) is 4.99 Å². The Hall–Kier alpha value is -3.11. The highest BCUT2D eigenvalue weighted by Gasteiger charge is 2.14. The maximum absolute atomic E-state index is 6.18. The van der Waals surface area contributed by atoms with E-state index < -0.39 is 0 Å². The van der Waals surface area contributed by atoms with Gasteiger partial charge < -0.3 is 10.1 Å². The van der Waals surface area contributed by atoms with Crippen molar-refractivity contribution < 1.29 is 4.74 Å². The van der Waals surface area contributed by atoms with Crippen LogP contribution < -0.4 is 10.1 Å². The Kier molecular flexibility index (Phi) is 8.25. The molecule has 3 aromatic rings. The van der Waals surface area contributed by atoms with Crippen LogP contribution in [0.2, 0.25) is 0 Å². The van der Waals surface area contributed by atoms with Gasteiger partial charge in [-0.2, -0.15) is 0 Å². The van der Waals surface area contributed by atoms with E-state index in [2.05, 4.69) is 50.0 Å². The van der Waals surface area contributed by atoms with Crippen LogP contribution >= 0.6 is 0 Å². The molecule has 3 aromatic carbocycles. The van der Waals surface area contributed by atoms with Crippen LogP contribution in [0.5, 0.6) is 5.75 Å². The zero-order chi connectivity index (χ0) is 22.1. The first kappa shape index (κ1) is 22.6. The number of hydrogen-bond donors (Lipinski definition) is 1. The molecule has 0 heterocycles. The molecule has 3 rings (SSSR count). The molecule has 0 aromatic heterocycles. The van der Waals surface area contributed by atoms with Gasteiger partial charge in [-0.1, -0.05) is 60.7 Å². The van der Waals surface area contributed by atoms with Crippen LogP contribution in [0.3, 0.4) is 0 Å². The summed E-state index contributed by atoms with van der Waals surface area (Å²) in [5.41, 5.74) is 2.82. The average molecular weight is 416 g/mol. The molecule has 0 aliphatic rings. The van der Waals surface area contributed by atoms with Crippen LogP contribution in [0.15, 0.2) is 89.9 Å². The second-order valence-electron chi connectivity index (χ2n) is 8.06. The number of para-hydroxylation sites is 3. The van der Waals surface area contributed by atoms with Gasteiger partial charge in [-0.15, -0.1) is 0 Å². The standard InChI is InChI=1S/C27H33N3O/c1-21(2)30(22(3)4)19-20-31-26-18-12-11-17-25(26)29-27(23-13-7-5-8-14-23)28-24-15-9-6-10-16-24/h5-18,21-22H,19-20H2,1-4H3,(H,28,29). The first-order chi connectivity index (χ1) is 15.0. The van der Waals surface area contributed by atoms with Crippen LogP contribution in [0.1, 0.15) is 33.3 Å². The molecule has 0 aliphatic heterocycles. The van der Waals surface area contributed by atoms with Crippen molar-refractivity contribution in [2.24, 2.45) is 4.99 Å². The van der Waals surface area contributed by atoms with Crippen molar-refractivity contribution in [1.82, 2.24) is 4.90 Å². The highest BCUT2D eigenvalue weighted by atomic mass is 16.5. The first-order valence-corrected chi connectivity index (χ1v) is 11.0. The quantitative estimate of drug-likeness (QED) is 0.326. The summed E-state index contributed by atoms with van der Waals surface area (Å²) in [7, 11) is 0. The molecule has 0 bridgehead atoms. The normalized spacial score (nSPS) is 11.9. The van der Waals surface area contributed by atoms with E-state index in [9.17, 15) is 0 Å². The fourth-order valence-electron chi connectivity index (χ4n) is 3.58. The Balaban J connectivity index is 1.84. The van der Waals surface area contributed by atoms with E-state index in [1.807, 2.05) is 72.8 Å². The molecular weight excluding hydrogens is 382 g/mol. The molecule has 4 nitrogen and oxygen atoms in total. The van der Waals surface area contributed by atoms with Crippen LogP contribution in [0, 0.1) is 0 Å². The highest BCUT2D eigenvalue weighted by Crippen LogP contribution is 2.28. The Bertz CT molecular complexity index is 944. The number of amidine groups is 1. The van der Waals surface area contributed by atoms with Crippen molar-refractivity contribution in [1.29, 1.82) is 0 Å². The number of rotatable bonds is 9. The third-order valence-electron chi connectivity index (χ3n) is 5.11. The van der Waals surface area contributed by atoms with Gasteiger partial charge in [0, 0.05) is 29.9 Å². The number of nitrogens with zero attached hydrogens (tertiary/aromatic N) is 2. The van der Waals surface area contributed by atoms with E-state index >= 15 is 0 Å². The predicted molar refractivity (Wildman–Crippen MR) is 132 cm³/mol. The van der Waals surface area contributed by atoms with Crippen molar-refractivity contribution >= 4 is 17.2 Å². The van der Waals surface area contributed by atoms with Crippen molar-refractivity contribution in [3.63, 3.8) is 0 Å². The summed E-state index contributed by atoms with van der Waals surface area (Å²) in [5, 5.41) is 3.46. The monoisotopic (exact) mass is 415 g/mol. The summed E-state index contributed by atoms with van der Waals surface area (Å²) in [6, 6.07) is 29.2. The zero-order valence-electron chi connectivity index (χ0n) is 19.0. The summed E-state index contributed by atoms with van der Waals surface area (Å²) >= 11 is 0. The summed E-state index contributed by atoms with van der Waals surface area (Å²) in [6.07, 6.45) is 0. The summed E-state index contributed by atoms with van der Waals surface area (Å²) in [4.78, 5) is 7.39. The SMILES string of the molecule is CC(C)N(CCOc1ccccc1N=C(Nc1ccccc1)c1ccccc1)C(C)C. The molecule has 0 saturated heterocycles. The third-order valence-corrected chi connectivity index (χ3v) is 5.11. The molecule has 0 saturated carbocycles. The van der Waals surface area contributed by atoms with E-state index in [1.165, 1.54) is 0 Å². The van der Waals surface area contributed by atoms with Crippen LogP contribution in [0.25, 0.3) is 0 Å². The fraction of sp³-hybridized carbons (Fsp3) is 0.296. The second kappa shape index (κ2) is 11.3. The maximum atomic E-state index is 6.18. The van der Waals surface area contributed by atoms with Gasteiger partial charge in [0.05, 0.1) is 0 Å². The van der Waals surface area contributed by atoms with Gasteiger partial charge in [0.15, 0.2) is 0 Å². The van der Waals surface area contributed by atoms with Gasteiger partial charge >= 0.3 is 0 Å². The molecule has 1 N–H and O–H groups in total. The average Bonchev–Trinajstić information content (AvgIpc) is 2.78. The molecule has 4 heteroatoms. The molecule has 0 spiro atoms. The lowest BCUT2D eigenvalue weighted by Gasteiger charge is -2.30. The lowest BCUT2D eigenvalue weighted by Crippen LogP contribution is -2.39. The summed E-state index contributed by atoms with van der Waals surface area (Å²) in [6.45, 7) is 10.4. The fourth-order valence-corrected chi connectivity index (χ4v) is 3.58. The largest absolute Gasteiger partial charge is 0.490 e. The number of hydrogen-bond acceptors (Lipinski definition) is 3. The highest BCUT2D eigenvalue weighted by molar-refractivity contribution is 6.09. The number of anilines is 1. The van der Waals surface area contributed by atoms with Crippen molar-refractivity contribution in [2.75, 3.05) is 18.5 Å². The van der Waals surface area contributed by atoms with E-state index in [1.54, 1.807) is 0 Å². The van der Waals surface area contributed by atoms with Gasteiger partial charge in [0.25, 0.3) is 0 Å². The zero-order valence-corrected chi connectivity index (χ0v) is 19.0. The molecule has 0 atom stereocenters. The Morgan fingerprint density at radius 3 is 2.03 bits per heavy atom. The first-order valence-electron chi connectivity index (χ1n) is 11.0. The molecule has 162 valence electrons. The second-order valence-corrected chi connectivity index (χ2v) is 8.06. The minimum absolute atomic E-state index is 0.483. The Labute approximate surface area is 186 Å². The van der Waals surface area contributed by atoms with Gasteiger partial charge in [-0.3, -0.25) is 4.90 Å². The molecule has 0 radical (unpaired) electrons. The minimum atomic E-state index is 0.483. The molecular formula is C27H33N3O. The number of aliphatic imine (C=N–C) groups is 1. The van der Waals surface area contributed by atoms with E-state index in [0.717, 1.165) is 35.1 Å². The van der Waals surface area contributed by atoms with Crippen molar-refractivity contribution in [3.8, 4) is 5.75 Å². The molecule has 0 unspecified atom stereocenters. The smallest absolute Gasteiger partial charge is 0.145 e. The number of nitrogens with one attached hydrogen (secondary N) is 1. The topological polar surface area (TPSA) is 36.9 Å². The molecule has 0 fully saturated rings. The predicted octanol–water partition coefficient (Wildman–Crippen LogP) is 6.37. The van der Waals surface area contributed by atoms with Crippen LogP contribution in [0.4, 0.5) is 11.4 Å². The van der Waals surface area contributed by atoms with Gasteiger partial charge in [-0.05, 0) is 52.0 Å². The van der Waals surface area contributed by atoms with E-state index in [0.29, 0.717) is 18.7 Å². The van der Waals surface area contributed by atoms with E-state index in [-0.39, 0.29) is 0 Å². The maximum Gasteiger partial charge on any atom is 0.145 e. The molecule has 0 aliphatic carbocycles. The van der Waals surface area contributed by atoms with Gasteiger partial charge in [0.1, 0.15) is 23.9 Å². The third kappa shape index (κ3) is 6.69. The Morgan fingerprint density at radius 1 is 0.806 bits per heavy atom. The van der Waals surface area contributed by atoms with Crippen molar-refractivity contribution in [2.45, 2.75) is 39.8 Å². The number of ether oxygens (including phenoxy) is 1. The van der Waals surface area contributed by atoms with Gasteiger partial charge in [0.2, 0.25) is 0 Å².